The lowest BCUT2D eigenvalue weighted by Gasteiger charge is -2.20. The van der Waals surface area contributed by atoms with Crippen molar-refractivity contribution in [1.29, 1.82) is 52.6 Å². The van der Waals surface area contributed by atoms with Crippen LogP contribution in [0.15, 0.2) is 176 Å². The van der Waals surface area contributed by atoms with E-state index in [2.05, 4.69) is 54.6 Å². The summed E-state index contributed by atoms with van der Waals surface area (Å²) in [4.78, 5) is 0. The molecule has 0 saturated heterocycles. The summed E-state index contributed by atoms with van der Waals surface area (Å²) in [6, 6.07) is 68.5. The third kappa shape index (κ3) is 8.82. The molecule has 86 heavy (non-hydrogen) atoms. The molecule has 0 fully saturated rings. The predicted octanol–water partition coefficient (Wildman–Crippen LogP) is 16.0. The summed E-state index contributed by atoms with van der Waals surface area (Å²) in [6.45, 7) is 0. The summed E-state index contributed by atoms with van der Waals surface area (Å²) in [5.41, 5.74) is 7.79. The lowest BCUT2D eigenvalue weighted by molar-refractivity contribution is -0.137. The number of nitrogens with zero attached hydrogens (tertiary/aromatic N) is 12. The van der Waals surface area contributed by atoms with Gasteiger partial charge >= 0.3 is 6.18 Å². The molecule has 0 atom stereocenters. The van der Waals surface area contributed by atoms with E-state index in [-0.39, 0.29) is 66.8 Å². The third-order valence-electron chi connectivity index (χ3n) is 15.3. The summed E-state index contributed by atoms with van der Waals surface area (Å²) >= 11 is 0. The van der Waals surface area contributed by atoms with Crippen molar-refractivity contribution in [2.45, 2.75) is 6.18 Å². The van der Waals surface area contributed by atoms with E-state index in [1.165, 1.54) is 30.3 Å². The van der Waals surface area contributed by atoms with Crippen LogP contribution in [0.4, 0.5) is 13.2 Å². The van der Waals surface area contributed by atoms with Gasteiger partial charge in [-0.2, -0.15) is 65.8 Å². The molecule has 0 saturated carbocycles. The van der Waals surface area contributed by atoms with Crippen molar-refractivity contribution in [1.82, 2.24) is 9.13 Å². The molecule has 0 radical (unpaired) electrons. The second-order valence-corrected chi connectivity index (χ2v) is 19.9. The molecule has 12 nitrogen and oxygen atoms in total. The van der Waals surface area contributed by atoms with Gasteiger partial charge in [-0.3, -0.25) is 0 Å². The average molecular weight is 1110 g/mol. The van der Waals surface area contributed by atoms with Crippen molar-refractivity contribution in [3.05, 3.63) is 237 Å². The maximum Gasteiger partial charge on any atom is 0.416 e. The highest BCUT2D eigenvalue weighted by atomic mass is 19.4. The number of hydrogen-bond donors (Lipinski definition) is 0. The first-order valence-corrected chi connectivity index (χ1v) is 25.9. The molecule has 15 heteroatoms. The molecule has 0 amide bonds. The van der Waals surface area contributed by atoms with Crippen LogP contribution in [0, 0.1) is 113 Å². The minimum Gasteiger partial charge on any atom is -0.307 e. The average Bonchev–Trinajstić information content (AvgIpc) is 1.62. The first-order chi connectivity index (χ1) is 41.8. The van der Waals surface area contributed by atoms with Crippen LogP contribution in [0.1, 0.15) is 61.2 Å². The van der Waals surface area contributed by atoms with Crippen molar-refractivity contribution < 1.29 is 13.2 Å². The van der Waals surface area contributed by atoms with Crippen LogP contribution in [0.3, 0.4) is 0 Å². The van der Waals surface area contributed by atoms with Gasteiger partial charge in [-0.1, -0.05) is 48.5 Å². The Bertz CT molecular complexity index is 5230. The molecule has 12 rings (SSSR count). The number of rotatable bonds is 7. The van der Waals surface area contributed by atoms with E-state index in [4.69, 9.17) is 0 Å². The molecular formula is C71H29F3N12. The smallest absolute Gasteiger partial charge is 0.307 e. The van der Waals surface area contributed by atoms with E-state index >= 15 is 0 Å². The van der Waals surface area contributed by atoms with E-state index in [9.17, 15) is 65.8 Å². The van der Waals surface area contributed by atoms with Crippen molar-refractivity contribution in [2.24, 2.45) is 0 Å². The number of halogens is 3. The molecule has 2 heterocycles. The molecular weight excluding hydrogens is 1080 g/mol. The number of aromatic nitrogens is 2. The summed E-state index contributed by atoms with van der Waals surface area (Å²) in [7, 11) is 0. The molecule has 2 aromatic heterocycles. The van der Waals surface area contributed by atoms with Gasteiger partial charge in [0.25, 0.3) is 0 Å². The molecule has 12 aromatic rings. The Labute approximate surface area is 487 Å². The number of hydrogen-bond acceptors (Lipinski definition) is 10. The number of fused-ring (bicyclic) bond motifs is 6. The van der Waals surface area contributed by atoms with Crippen LogP contribution >= 0.6 is 0 Å². The van der Waals surface area contributed by atoms with Crippen LogP contribution in [-0.2, 0) is 6.18 Å². The molecule has 0 bridgehead atoms. The summed E-state index contributed by atoms with van der Waals surface area (Å²) in [5.74, 6) is 0. The predicted molar refractivity (Wildman–Crippen MR) is 314 cm³/mol. The van der Waals surface area contributed by atoms with E-state index in [1.807, 2.05) is 63.7 Å². The van der Waals surface area contributed by atoms with Crippen LogP contribution < -0.4 is 0 Å². The van der Waals surface area contributed by atoms with E-state index in [0.29, 0.717) is 99.5 Å². The fourth-order valence-electron chi connectivity index (χ4n) is 11.3. The highest BCUT2D eigenvalue weighted by molar-refractivity contribution is 6.14. The zero-order chi connectivity index (χ0) is 60.1. The minimum atomic E-state index is -4.89. The maximum atomic E-state index is 14.8. The quantitative estimate of drug-likeness (QED) is 0.146. The molecule has 394 valence electrons. The lowest BCUT2D eigenvalue weighted by Crippen LogP contribution is -2.07. The topological polar surface area (TPSA) is 248 Å². The Morgan fingerprint density at radius 1 is 0.256 bits per heavy atom. The molecule has 0 N–H and O–H groups in total. The SMILES string of the molecule is N#Cc1cc(-c2cc(-n3c4ccc(-c5ccc(C#N)cc5C#N)cc4c4cc(-c5ccc(C#N)cc5C#N)ccc43)c(-n3c4ccc(-c5ccc(C#N)cc5C#N)cc4c4cc(-c5ccc(C#N)cc5C#N)ccc43)cc2C#N)cc(C(F)(F)F)c1. The van der Waals surface area contributed by atoms with Crippen LogP contribution in [0.25, 0.3) is 111 Å². The van der Waals surface area contributed by atoms with Gasteiger partial charge in [0.05, 0.1) is 155 Å². The van der Waals surface area contributed by atoms with E-state index < -0.39 is 11.7 Å². The second-order valence-electron chi connectivity index (χ2n) is 19.9. The molecule has 0 aliphatic heterocycles. The molecule has 10 aromatic carbocycles. The molecule has 0 aliphatic rings. The molecule has 0 aliphatic carbocycles. The second kappa shape index (κ2) is 20.9. The van der Waals surface area contributed by atoms with Gasteiger partial charge < -0.3 is 9.13 Å². The fourth-order valence-corrected chi connectivity index (χ4v) is 11.3. The van der Waals surface area contributed by atoms with Gasteiger partial charge in [-0.05, 0) is 177 Å². The Kier molecular flexibility index (Phi) is 12.9. The van der Waals surface area contributed by atoms with E-state index in [0.717, 1.165) is 12.1 Å². The Morgan fingerprint density at radius 3 is 0.849 bits per heavy atom. The normalized spacial score (nSPS) is 10.8. The van der Waals surface area contributed by atoms with Crippen molar-refractivity contribution in [2.75, 3.05) is 0 Å². The van der Waals surface area contributed by atoms with Crippen LogP contribution in [0.2, 0.25) is 0 Å². The molecule has 0 spiro atoms. The fraction of sp³-hybridized carbons (Fsp3) is 0.0141. The van der Waals surface area contributed by atoms with Crippen molar-refractivity contribution >= 4 is 43.6 Å². The highest BCUT2D eigenvalue weighted by Crippen LogP contribution is 2.46. The Balaban J connectivity index is 1.24. The number of nitriles is 10. The summed E-state index contributed by atoms with van der Waals surface area (Å²) in [5, 5.41) is 104. The first-order valence-electron chi connectivity index (χ1n) is 25.9. The van der Waals surface area contributed by atoms with Gasteiger partial charge in [0.2, 0.25) is 0 Å². The zero-order valence-electron chi connectivity index (χ0n) is 44.2. The minimum absolute atomic E-state index is 0.0459. The highest BCUT2D eigenvalue weighted by Gasteiger charge is 2.32. The molecule has 0 unspecified atom stereocenters. The number of alkyl halides is 3. The summed E-state index contributed by atoms with van der Waals surface area (Å²) < 4.78 is 48.2. The van der Waals surface area contributed by atoms with Crippen molar-refractivity contribution in [3.8, 4) is 128 Å². The standard InChI is InChI=1S/C71H29F3N12/c72-71(73,74)55-22-44(34-79)21-49(23-55)60-29-70(86-67-15-7-47(58-11-3-42(32-77)19-52(58)37-82)26-63(67)64-27-48(8-16-68(64)86)59-12-4-43(33-78)20-53(59)38-83)69(28-54(60)39-84)85-65-13-5-45(56-9-1-40(30-75)17-50(56)35-80)24-61(65)62-25-46(6-14-66(62)85)57-10-2-41(31-76)18-51(57)36-81/h1-29H. The third-order valence-corrected chi connectivity index (χ3v) is 15.3. The van der Waals surface area contributed by atoms with Gasteiger partial charge in [-0.25, -0.2) is 0 Å². The summed E-state index contributed by atoms with van der Waals surface area (Å²) in [6.07, 6.45) is -4.89. The van der Waals surface area contributed by atoms with Gasteiger partial charge in [0.15, 0.2) is 0 Å². The van der Waals surface area contributed by atoms with Crippen molar-refractivity contribution in [3.63, 3.8) is 0 Å². The van der Waals surface area contributed by atoms with Crippen LogP contribution in [0.5, 0.6) is 0 Å². The first kappa shape index (κ1) is 53.1. The largest absolute Gasteiger partial charge is 0.416 e. The maximum absolute atomic E-state index is 14.8. The van der Waals surface area contributed by atoms with Gasteiger partial charge in [0, 0.05) is 27.1 Å². The lowest BCUT2D eigenvalue weighted by atomic mass is 9.94. The number of benzene rings is 10. The van der Waals surface area contributed by atoms with Crippen LogP contribution in [-0.4, -0.2) is 9.13 Å². The monoisotopic (exact) mass is 1110 g/mol. The Morgan fingerprint density at radius 2 is 0.558 bits per heavy atom. The Hall–Kier alpha value is -13.5. The van der Waals surface area contributed by atoms with Gasteiger partial charge in [0.1, 0.15) is 0 Å². The van der Waals surface area contributed by atoms with Gasteiger partial charge in [-0.15, -0.1) is 0 Å². The zero-order valence-corrected chi connectivity index (χ0v) is 44.2. The van der Waals surface area contributed by atoms with E-state index in [1.54, 1.807) is 84.9 Å².